The van der Waals surface area contributed by atoms with Crippen LogP contribution in [0.25, 0.3) is 22.3 Å². The van der Waals surface area contributed by atoms with E-state index >= 15 is 0 Å². The van der Waals surface area contributed by atoms with Gasteiger partial charge in [0.15, 0.2) is 0 Å². The first kappa shape index (κ1) is 15.7. The molecule has 0 saturated heterocycles. The number of nitrogens with one attached hydrogen (secondary N) is 1. The van der Waals surface area contributed by atoms with E-state index in [2.05, 4.69) is 84.2 Å². The number of benzene rings is 4. The van der Waals surface area contributed by atoms with Crippen LogP contribution in [-0.2, 0) is 0 Å². The van der Waals surface area contributed by atoms with Crippen molar-refractivity contribution in [2.45, 2.75) is 6.04 Å². The number of nitrogens with two attached hydrogens (primary N) is 1. The minimum atomic E-state index is 0.113. The fraction of sp³-hybridized carbons (Fsp3) is 0.0400. The lowest BCUT2D eigenvalue weighted by atomic mass is 10.0. The molecule has 2 heteroatoms. The van der Waals surface area contributed by atoms with Crippen molar-refractivity contribution in [1.29, 1.82) is 0 Å². The van der Waals surface area contributed by atoms with E-state index < -0.39 is 0 Å². The zero-order valence-electron chi connectivity index (χ0n) is 14.9. The van der Waals surface area contributed by atoms with Gasteiger partial charge in [0.1, 0.15) is 0 Å². The summed E-state index contributed by atoms with van der Waals surface area (Å²) in [5.41, 5.74) is 15.5. The van der Waals surface area contributed by atoms with E-state index in [9.17, 15) is 0 Å². The van der Waals surface area contributed by atoms with Crippen molar-refractivity contribution >= 4 is 11.4 Å². The van der Waals surface area contributed by atoms with Gasteiger partial charge in [0, 0.05) is 16.9 Å². The maximum Gasteiger partial charge on any atom is 0.0779 e. The lowest BCUT2D eigenvalue weighted by molar-refractivity contribution is 0.974. The van der Waals surface area contributed by atoms with Crippen molar-refractivity contribution in [1.82, 2.24) is 0 Å². The number of hydrogen-bond donors (Lipinski definition) is 2. The second kappa shape index (κ2) is 6.33. The maximum atomic E-state index is 6.13. The van der Waals surface area contributed by atoms with Crippen molar-refractivity contribution in [3.05, 3.63) is 108 Å². The Morgan fingerprint density at radius 3 is 1.85 bits per heavy atom. The molecule has 3 N–H and O–H groups in total. The van der Waals surface area contributed by atoms with Gasteiger partial charge < -0.3 is 11.1 Å². The molecule has 2 nitrogen and oxygen atoms in total. The maximum absolute atomic E-state index is 6.13. The average Bonchev–Trinajstić information content (AvgIpc) is 3.03. The number of rotatable bonds is 3. The fourth-order valence-electron chi connectivity index (χ4n) is 4.02. The first-order valence-electron chi connectivity index (χ1n) is 9.21. The third kappa shape index (κ3) is 2.67. The number of fused-ring (bicyclic) bond motifs is 3. The smallest absolute Gasteiger partial charge is 0.0779 e. The van der Waals surface area contributed by atoms with Gasteiger partial charge in [-0.25, -0.2) is 0 Å². The molecule has 0 saturated carbocycles. The molecule has 0 heterocycles. The minimum absolute atomic E-state index is 0.113. The van der Waals surface area contributed by atoms with Crippen molar-refractivity contribution in [3.63, 3.8) is 0 Å². The molecule has 4 aromatic rings. The lowest BCUT2D eigenvalue weighted by Gasteiger charge is -2.20. The van der Waals surface area contributed by atoms with Crippen molar-refractivity contribution in [3.8, 4) is 22.3 Å². The summed E-state index contributed by atoms with van der Waals surface area (Å²) < 4.78 is 0. The summed E-state index contributed by atoms with van der Waals surface area (Å²) in [7, 11) is 0. The molecule has 0 fully saturated rings. The van der Waals surface area contributed by atoms with Crippen molar-refractivity contribution in [2.75, 3.05) is 11.1 Å². The Labute approximate surface area is 159 Å². The third-order valence-electron chi connectivity index (χ3n) is 5.26. The van der Waals surface area contributed by atoms with Gasteiger partial charge in [-0.2, -0.15) is 0 Å². The zero-order chi connectivity index (χ0) is 18.2. The van der Waals surface area contributed by atoms with E-state index in [1.807, 2.05) is 18.2 Å². The fourth-order valence-corrected chi connectivity index (χ4v) is 4.02. The standard InChI is InChI=1S/C25H20N2/c26-18-14-15-19(17-8-2-1-3-9-17)24(16-18)27-25-22-12-6-4-10-20(22)21-11-5-7-13-23(21)25/h1-16,25,27H,26H2. The molecule has 1 aliphatic carbocycles. The summed E-state index contributed by atoms with van der Waals surface area (Å²) in [5, 5.41) is 3.78. The van der Waals surface area contributed by atoms with E-state index in [0.29, 0.717) is 0 Å². The van der Waals surface area contributed by atoms with Crippen LogP contribution in [0.3, 0.4) is 0 Å². The molecule has 1 aliphatic rings. The summed E-state index contributed by atoms with van der Waals surface area (Å²) in [6.45, 7) is 0. The first-order chi connectivity index (χ1) is 13.3. The third-order valence-corrected chi connectivity index (χ3v) is 5.26. The van der Waals surface area contributed by atoms with Crippen molar-refractivity contribution in [2.24, 2.45) is 0 Å². The van der Waals surface area contributed by atoms with Gasteiger partial charge in [-0.15, -0.1) is 0 Å². The summed E-state index contributed by atoms with van der Waals surface area (Å²) in [6, 6.07) is 33.9. The van der Waals surface area contributed by atoms with Crippen LogP contribution in [0.2, 0.25) is 0 Å². The van der Waals surface area contributed by atoms with Crippen LogP contribution in [0.1, 0.15) is 17.2 Å². The van der Waals surface area contributed by atoms with Crippen LogP contribution < -0.4 is 11.1 Å². The molecule has 0 aromatic heterocycles. The molecular formula is C25H20N2. The molecule has 0 bridgehead atoms. The molecular weight excluding hydrogens is 328 g/mol. The van der Waals surface area contributed by atoms with Crippen LogP contribution in [-0.4, -0.2) is 0 Å². The Bertz CT molecular complexity index is 1070. The second-order valence-corrected chi connectivity index (χ2v) is 6.92. The normalized spacial score (nSPS) is 12.4. The van der Waals surface area contributed by atoms with E-state index in [4.69, 9.17) is 5.73 Å². The van der Waals surface area contributed by atoms with Gasteiger partial charge in [0.25, 0.3) is 0 Å². The SMILES string of the molecule is Nc1ccc(-c2ccccc2)c(NC2c3ccccc3-c3ccccc32)c1. The Morgan fingerprint density at radius 1 is 0.593 bits per heavy atom. The minimum Gasteiger partial charge on any atom is -0.399 e. The number of nitrogen functional groups attached to an aromatic ring is 1. The lowest BCUT2D eigenvalue weighted by Crippen LogP contribution is -2.10. The molecule has 5 rings (SSSR count). The largest absolute Gasteiger partial charge is 0.399 e. The molecule has 4 aromatic carbocycles. The van der Waals surface area contributed by atoms with Gasteiger partial charge in [0.2, 0.25) is 0 Å². The quantitative estimate of drug-likeness (QED) is 0.438. The highest BCUT2D eigenvalue weighted by Crippen LogP contribution is 2.45. The van der Waals surface area contributed by atoms with Crippen LogP contribution in [0.15, 0.2) is 97.1 Å². The van der Waals surface area contributed by atoms with Crippen LogP contribution in [0.4, 0.5) is 11.4 Å². The Hall–Kier alpha value is -3.52. The predicted molar refractivity (Wildman–Crippen MR) is 114 cm³/mol. The van der Waals surface area contributed by atoms with E-state index in [1.165, 1.54) is 27.8 Å². The van der Waals surface area contributed by atoms with Gasteiger partial charge in [-0.05, 0) is 39.9 Å². The van der Waals surface area contributed by atoms with E-state index in [0.717, 1.165) is 16.9 Å². The highest BCUT2D eigenvalue weighted by molar-refractivity contribution is 5.84. The topological polar surface area (TPSA) is 38.0 Å². The van der Waals surface area contributed by atoms with Crippen LogP contribution >= 0.6 is 0 Å². The molecule has 0 atom stereocenters. The molecule has 0 unspecified atom stereocenters. The average molecular weight is 348 g/mol. The summed E-state index contributed by atoms with van der Waals surface area (Å²) >= 11 is 0. The van der Waals surface area contributed by atoms with Gasteiger partial charge in [-0.3, -0.25) is 0 Å². The molecule has 130 valence electrons. The zero-order valence-corrected chi connectivity index (χ0v) is 14.9. The molecule has 0 radical (unpaired) electrons. The summed E-state index contributed by atoms with van der Waals surface area (Å²) in [4.78, 5) is 0. The van der Waals surface area contributed by atoms with Crippen molar-refractivity contribution < 1.29 is 0 Å². The summed E-state index contributed by atoms with van der Waals surface area (Å²) in [5.74, 6) is 0. The Kier molecular flexibility index (Phi) is 3.68. The Balaban J connectivity index is 1.63. The molecule has 27 heavy (non-hydrogen) atoms. The van der Waals surface area contributed by atoms with Gasteiger partial charge in [-0.1, -0.05) is 84.9 Å². The van der Waals surface area contributed by atoms with Crippen LogP contribution in [0, 0.1) is 0 Å². The van der Waals surface area contributed by atoms with Crippen LogP contribution in [0.5, 0.6) is 0 Å². The van der Waals surface area contributed by atoms with E-state index in [-0.39, 0.29) is 6.04 Å². The highest BCUT2D eigenvalue weighted by atomic mass is 14.9. The Morgan fingerprint density at radius 2 is 1.19 bits per heavy atom. The van der Waals surface area contributed by atoms with Gasteiger partial charge in [0.05, 0.1) is 6.04 Å². The number of hydrogen-bond acceptors (Lipinski definition) is 2. The monoisotopic (exact) mass is 348 g/mol. The second-order valence-electron chi connectivity index (χ2n) is 6.92. The molecule has 0 aliphatic heterocycles. The van der Waals surface area contributed by atoms with E-state index in [1.54, 1.807) is 0 Å². The molecule has 0 amide bonds. The highest BCUT2D eigenvalue weighted by Gasteiger charge is 2.28. The summed E-state index contributed by atoms with van der Waals surface area (Å²) in [6.07, 6.45) is 0. The number of anilines is 2. The first-order valence-corrected chi connectivity index (χ1v) is 9.21. The predicted octanol–water partition coefficient (Wildman–Crippen LogP) is 6.12. The van der Waals surface area contributed by atoms with Gasteiger partial charge >= 0.3 is 0 Å². The molecule has 0 spiro atoms.